The molecular formula is C64H114N12O13. The first-order valence-corrected chi connectivity index (χ1v) is 32.0. The molecule has 13 atom stereocenters. The number of morpholine rings is 1. The molecule has 2 saturated heterocycles. The van der Waals surface area contributed by atoms with Crippen LogP contribution in [0.4, 0.5) is 0 Å². The number of nitrogens with one attached hydrogen (secondary N) is 5. The fourth-order valence-corrected chi connectivity index (χ4v) is 11.6. The second kappa shape index (κ2) is 36.6. The van der Waals surface area contributed by atoms with Gasteiger partial charge in [0.1, 0.15) is 60.4 Å². The number of aliphatic hydroxyl groups excluding tert-OH is 1. The largest absolute Gasteiger partial charge is 0.390 e. The van der Waals surface area contributed by atoms with Gasteiger partial charge in [-0.15, -0.1) is 0 Å². The zero-order valence-electron chi connectivity index (χ0n) is 57.8. The molecule has 0 unspecified atom stereocenters. The number of hydrogen-bond donors (Lipinski definition) is 6. The third kappa shape index (κ3) is 22.6. The molecule has 0 bridgehead atoms. The van der Waals surface area contributed by atoms with Gasteiger partial charge in [-0.1, -0.05) is 102 Å². The van der Waals surface area contributed by atoms with E-state index in [9.17, 15) is 53.1 Å². The first kappa shape index (κ1) is 78.9. The maximum Gasteiger partial charge on any atom is 0.245 e. The number of allylic oxidation sites excluding steroid dienone is 2. The highest BCUT2D eigenvalue weighted by Gasteiger charge is 2.44. The number of aliphatic hydroxyl groups is 1. The van der Waals surface area contributed by atoms with Crippen molar-refractivity contribution in [2.75, 3.05) is 81.7 Å². The van der Waals surface area contributed by atoms with Crippen LogP contribution in [0.1, 0.15) is 143 Å². The number of nitrogens with zero attached hydrogens (tertiary/aromatic N) is 7. The maximum atomic E-state index is 15.1. The predicted molar refractivity (Wildman–Crippen MR) is 341 cm³/mol. The number of rotatable bonds is 16. The van der Waals surface area contributed by atoms with Crippen molar-refractivity contribution in [1.82, 2.24) is 60.9 Å². The van der Waals surface area contributed by atoms with Gasteiger partial charge < -0.3 is 65.8 Å². The first-order chi connectivity index (χ1) is 41.4. The van der Waals surface area contributed by atoms with Crippen LogP contribution in [-0.4, -0.2) is 253 Å². The summed E-state index contributed by atoms with van der Waals surface area (Å²) in [4.78, 5) is 170. The molecule has 25 heteroatoms. The van der Waals surface area contributed by atoms with E-state index >= 15 is 4.79 Å². The molecule has 508 valence electrons. The van der Waals surface area contributed by atoms with Gasteiger partial charge in [0, 0.05) is 61.9 Å². The topological polar surface area (TPSA) is 300 Å². The Bertz CT molecular complexity index is 2430. The van der Waals surface area contributed by atoms with Gasteiger partial charge in [0.05, 0.1) is 25.9 Å². The summed E-state index contributed by atoms with van der Waals surface area (Å²) in [7, 11) is 8.57. The van der Waals surface area contributed by atoms with Crippen LogP contribution in [0.15, 0.2) is 12.2 Å². The molecule has 0 aromatic carbocycles. The van der Waals surface area contributed by atoms with Gasteiger partial charge in [0.2, 0.25) is 65.0 Å². The zero-order valence-corrected chi connectivity index (χ0v) is 57.8. The molecule has 2 heterocycles. The Morgan fingerprint density at radius 3 is 1.48 bits per heavy atom. The Hall–Kier alpha value is -6.21. The minimum atomic E-state index is -1.67. The van der Waals surface area contributed by atoms with Crippen LogP contribution in [0.2, 0.25) is 0 Å². The highest BCUT2D eigenvalue weighted by Crippen LogP contribution is 2.24. The predicted octanol–water partition coefficient (Wildman–Crippen LogP) is 1.85. The Kier molecular flexibility index (Phi) is 32.4. The summed E-state index contributed by atoms with van der Waals surface area (Å²) in [5.74, 6) is -10.4. The molecule has 2 fully saturated rings. The van der Waals surface area contributed by atoms with Crippen molar-refractivity contribution >= 4 is 65.0 Å². The number of hydrogen-bond acceptors (Lipinski definition) is 14. The van der Waals surface area contributed by atoms with Gasteiger partial charge in [-0.3, -0.25) is 57.6 Å². The van der Waals surface area contributed by atoms with E-state index in [1.807, 2.05) is 41.5 Å². The minimum absolute atomic E-state index is 0.00851. The summed E-state index contributed by atoms with van der Waals surface area (Å²) >= 11 is 0. The lowest BCUT2D eigenvalue weighted by Gasteiger charge is -2.40. The van der Waals surface area contributed by atoms with E-state index in [4.69, 9.17) is 4.74 Å². The highest BCUT2D eigenvalue weighted by atomic mass is 16.5. The Balaban J connectivity index is 2.97. The molecule has 0 radical (unpaired) electrons. The second-order valence-corrected chi connectivity index (χ2v) is 26.9. The molecular weight excluding hydrogens is 1140 g/mol. The second-order valence-electron chi connectivity index (χ2n) is 26.9. The summed E-state index contributed by atoms with van der Waals surface area (Å²) in [6, 6.07) is -12.6. The fraction of sp³-hybridized carbons (Fsp3) is 0.797. The van der Waals surface area contributed by atoms with Crippen LogP contribution < -0.4 is 26.6 Å². The number of carbonyl (C=O) groups is 11. The molecule has 2 rings (SSSR count). The third-order valence-corrected chi connectivity index (χ3v) is 17.1. The van der Waals surface area contributed by atoms with Crippen LogP contribution in [0.3, 0.4) is 0 Å². The maximum absolute atomic E-state index is 15.1. The van der Waals surface area contributed by atoms with Crippen molar-refractivity contribution in [2.45, 2.75) is 209 Å². The lowest BCUT2D eigenvalue weighted by molar-refractivity contribution is -0.154. The van der Waals surface area contributed by atoms with Crippen LogP contribution in [0.25, 0.3) is 0 Å². The highest BCUT2D eigenvalue weighted by molar-refractivity contribution is 5.99. The molecule has 0 aromatic rings. The van der Waals surface area contributed by atoms with Gasteiger partial charge in [-0.2, -0.15) is 0 Å². The van der Waals surface area contributed by atoms with E-state index < -0.39 is 162 Å². The number of carbonyl (C=O) groups excluding carboxylic acids is 11. The van der Waals surface area contributed by atoms with Crippen molar-refractivity contribution in [2.24, 2.45) is 41.4 Å². The van der Waals surface area contributed by atoms with Gasteiger partial charge >= 0.3 is 0 Å². The smallest absolute Gasteiger partial charge is 0.245 e. The number of amides is 11. The SMILES string of the molecule is C/C=C/C[C@@H](C)[C@@H](O)[C@@H]1NC(=O)[C@H](C(C)C)N(C)C(=O)[C@H](CC(C)C)N(C)C(=O)[C@H](CC(C)C)N(C)C(=O)[C@@H](C)NC(=O)[C@H](C)NC(=O)[C@H](CC(C)C)N(C)C(=O)[C@H](C(C)C)NC(=O)[C@H]([C@H](C)CN2CCOCC2)N(C)C(=O)CN(C)C(=O)[C@H](CC)NC1=O. The van der Waals surface area contributed by atoms with Gasteiger partial charge in [0.25, 0.3) is 0 Å². The van der Waals surface area contributed by atoms with E-state index in [2.05, 4.69) is 31.5 Å². The zero-order chi connectivity index (χ0) is 68.2. The van der Waals surface area contributed by atoms with E-state index in [1.165, 1.54) is 80.6 Å². The standard InChI is InChI=1S/C64H114N12O13/c1-23-25-26-41(13)54(78)51-57(81)67-45(24-2)61(85)70(17)35-49(77)74(21)53(42(14)34-76-27-29-89-30-28-76)59(83)68-50(39(9)10)64(88)71(18)46(31-36(3)4)56(80)65-43(15)55(79)66-44(16)60(84)72(19)47(32-37(5)6)62(86)73(20)48(33-38(7)8)63(87)75(22)52(40(11)12)58(82)69-51/h23,25,36-48,50-54,78H,24,26-35H2,1-22H3,(H,65,80)(H,66,79)(H,67,81)(H,68,83)(H,69,82)/b25-23+/t41-,42-,43+,44-,45+,46+,47+,48+,50+,51+,52+,53+,54-/m1/s1. The first-order valence-electron chi connectivity index (χ1n) is 32.0. The summed E-state index contributed by atoms with van der Waals surface area (Å²) in [5.41, 5.74) is 0. The van der Waals surface area contributed by atoms with E-state index in [1.54, 1.807) is 67.5 Å². The molecule has 0 aliphatic carbocycles. The molecule has 11 amide bonds. The van der Waals surface area contributed by atoms with Gasteiger partial charge in [-0.25, -0.2) is 0 Å². The molecule has 0 saturated carbocycles. The van der Waals surface area contributed by atoms with E-state index in [0.717, 1.165) is 4.90 Å². The molecule has 89 heavy (non-hydrogen) atoms. The molecule has 2 aliphatic rings. The van der Waals surface area contributed by atoms with E-state index in [-0.39, 0.29) is 43.4 Å². The van der Waals surface area contributed by atoms with Crippen LogP contribution >= 0.6 is 0 Å². The van der Waals surface area contributed by atoms with Crippen molar-refractivity contribution in [1.29, 1.82) is 0 Å². The summed E-state index contributed by atoms with van der Waals surface area (Å²) < 4.78 is 5.58. The van der Waals surface area contributed by atoms with Crippen molar-refractivity contribution in [3.05, 3.63) is 12.2 Å². The Morgan fingerprint density at radius 2 is 0.989 bits per heavy atom. The molecule has 0 aromatic heterocycles. The van der Waals surface area contributed by atoms with Gasteiger partial charge in [0.15, 0.2) is 0 Å². The normalized spacial score (nSPS) is 27.7. The molecule has 0 spiro atoms. The number of likely N-dealkylation sites (N-methyl/N-ethyl adjacent to an activating group) is 6. The Labute approximate surface area is 531 Å². The van der Waals surface area contributed by atoms with Crippen LogP contribution in [-0.2, 0) is 57.5 Å². The van der Waals surface area contributed by atoms with Crippen molar-refractivity contribution in [3.63, 3.8) is 0 Å². The van der Waals surface area contributed by atoms with Crippen LogP contribution in [0, 0.1) is 41.4 Å². The molecule has 25 nitrogen and oxygen atoms in total. The molecule has 2 aliphatic heterocycles. The van der Waals surface area contributed by atoms with Gasteiger partial charge in [-0.05, 0) is 94.3 Å². The third-order valence-electron chi connectivity index (χ3n) is 17.1. The fourth-order valence-electron chi connectivity index (χ4n) is 11.6. The minimum Gasteiger partial charge on any atom is -0.390 e. The Morgan fingerprint density at radius 1 is 0.517 bits per heavy atom. The lowest BCUT2D eigenvalue weighted by atomic mass is 9.92. The lowest BCUT2D eigenvalue weighted by Crippen LogP contribution is -2.63. The number of ether oxygens (including phenoxy) is 1. The monoisotopic (exact) mass is 1260 g/mol. The quantitative estimate of drug-likeness (QED) is 0.120. The summed E-state index contributed by atoms with van der Waals surface area (Å²) in [6.07, 6.45) is 2.79. The van der Waals surface area contributed by atoms with Crippen molar-refractivity contribution in [3.8, 4) is 0 Å². The van der Waals surface area contributed by atoms with Crippen molar-refractivity contribution < 1.29 is 62.6 Å². The summed E-state index contributed by atoms with van der Waals surface area (Å²) in [6.45, 7) is 29.7. The van der Waals surface area contributed by atoms with Crippen LogP contribution in [0.5, 0.6) is 0 Å². The molecule has 6 N–H and O–H groups in total. The summed E-state index contributed by atoms with van der Waals surface area (Å²) in [5, 5.41) is 25.7. The van der Waals surface area contributed by atoms with E-state index in [0.29, 0.717) is 39.3 Å². The average Bonchev–Trinajstić information content (AvgIpc) is 1.09. The average molecular weight is 1260 g/mol.